The van der Waals surface area contributed by atoms with E-state index < -0.39 is 19.5 Å². The summed E-state index contributed by atoms with van der Waals surface area (Å²) in [6, 6.07) is 5.22. The molecule has 0 aliphatic carbocycles. The van der Waals surface area contributed by atoms with Crippen LogP contribution in [0, 0.1) is 12.1 Å². The summed E-state index contributed by atoms with van der Waals surface area (Å²) in [7, 11) is 0. The van der Waals surface area contributed by atoms with Gasteiger partial charge in [0.15, 0.2) is 11.9 Å². The summed E-state index contributed by atoms with van der Waals surface area (Å²) in [5.74, 6) is 0. The Hall–Kier alpha value is -1.93. The van der Waals surface area contributed by atoms with Gasteiger partial charge < -0.3 is 10.3 Å². The number of pyridine rings is 2. The van der Waals surface area contributed by atoms with E-state index in [1.807, 2.05) is 0 Å². The zero-order valence-corrected chi connectivity index (χ0v) is 12.8. The number of aromatic nitrogens is 2. The molecule has 0 spiro atoms. The number of hydrogen-bond donors (Lipinski definition) is 1. The third-order valence-electron chi connectivity index (χ3n) is 2.79. The molecule has 23 heavy (non-hydrogen) atoms. The van der Waals surface area contributed by atoms with Crippen molar-refractivity contribution in [3.05, 3.63) is 64.4 Å². The highest BCUT2D eigenvalue weighted by Crippen LogP contribution is 2.20. The predicted molar refractivity (Wildman–Crippen MR) is 77.5 cm³/mol. The quantitative estimate of drug-likeness (QED) is 0.521. The van der Waals surface area contributed by atoms with Gasteiger partial charge >= 0.3 is 0 Å². The lowest BCUT2D eigenvalue weighted by Crippen LogP contribution is -2.30. The van der Waals surface area contributed by atoms with Gasteiger partial charge in [-0.2, -0.15) is 4.73 Å². The van der Waals surface area contributed by atoms with Crippen molar-refractivity contribution in [2.45, 2.75) is 26.4 Å². The molecule has 9 heteroatoms. The van der Waals surface area contributed by atoms with E-state index in [1.165, 1.54) is 43.6 Å². The van der Waals surface area contributed by atoms with Crippen LogP contribution in [0.25, 0.3) is 0 Å². The Morgan fingerprint density at radius 2 is 1.70 bits per heavy atom. The van der Waals surface area contributed by atoms with Crippen LogP contribution in [0.5, 0.6) is 0 Å². The minimum atomic E-state index is -2.57. The highest BCUT2D eigenvalue weighted by atomic mass is 35.5. The summed E-state index contributed by atoms with van der Waals surface area (Å²) in [5.41, 5.74) is -0.303. The van der Waals surface area contributed by atoms with E-state index in [0.29, 0.717) is 4.73 Å². The topological polar surface area (TPSA) is 60.1 Å². The van der Waals surface area contributed by atoms with Gasteiger partial charge in [0.2, 0.25) is 0 Å². The first kappa shape index (κ1) is 21.1. The lowest BCUT2D eigenvalue weighted by Gasteiger charge is -2.03. The summed E-state index contributed by atoms with van der Waals surface area (Å²) in [6.07, 6.45) is -2.57. The van der Waals surface area contributed by atoms with Crippen molar-refractivity contribution >= 4 is 12.4 Å². The zero-order chi connectivity index (χ0) is 16.7. The number of aliphatic hydroxyl groups excluding tert-OH is 1. The predicted octanol–water partition coefficient (Wildman–Crippen LogP) is 3.50. The number of hydrogen-bond acceptors (Lipinski definition) is 3. The first-order chi connectivity index (χ1) is 10.4. The van der Waals surface area contributed by atoms with Gasteiger partial charge in [0, 0.05) is 24.8 Å². The first-order valence-corrected chi connectivity index (χ1v) is 6.18. The van der Waals surface area contributed by atoms with Crippen LogP contribution in [0.4, 0.5) is 17.6 Å². The van der Waals surface area contributed by atoms with Gasteiger partial charge in [0.1, 0.15) is 0 Å². The van der Waals surface area contributed by atoms with Crippen LogP contribution >= 0.6 is 12.4 Å². The summed E-state index contributed by atoms with van der Waals surface area (Å²) in [6.45, 7) is 0.926. The summed E-state index contributed by atoms with van der Waals surface area (Å²) >= 11 is 0. The van der Waals surface area contributed by atoms with Crippen LogP contribution in [0.15, 0.2) is 36.7 Å². The van der Waals surface area contributed by atoms with E-state index in [-0.39, 0.29) is 34.9 Å². The fourth-order valence-electron chi connectivity index (χ4n) is 1.60. The Morgan fingerprint density at radius 1 is 1.13 bits per heavy atom. The molecule has 0 amide bonds. The second-order valence-corrected chi connectivity index (χ2v) is 4.17. The largest absolute Gasteiger partial charge is 0.618 e. The van der Waals surface area contributed by atoms with E-state index in [9.17, 15) is 22.8 Å². The van der Waals surface area contributed by atoms with E-state index in [1.54, 1.807) is 0 Å². The molecule has 4 nitrogen and oxygen atoms in total. The molecule has 2 aromatic rings. The number of halogens is 5. The molecule has 0 saturated heterocycles. The molecule has 0 aliphatic heterocycles. The molecule has 2 heterocycles. The van der Waals surface area contributed by atoms with Gasteiger partial charge in [0.05, 0.1) is 17.9 Å². The Bertz CT molecular complexity index is 615. The monoisotopic (exact) mass is 354 g/mol. The van der Waals surface area contributed by atoms with Crippen LogP contribution in [-0.4, -0.2) is 10.1 Å². The molecule has 0 aromatic carbocycles. The second-order valence-electron chi connectivity index (χ2n) is 4.17. The SMILES string of the molecule is Cc1c(C(F)F)ccc[n+]1[O-].Cl.OCc1ncccc1C(F)F. The maximum Gasteiger partial charge on any atom is 0.269 e. The average molecular weight is 355 g/mol. The molecule has 0 aliphatic rings. The van der Waals surface area contributed by atoms with Gasteiger partial charge in [0.25, 0.3) is 12.9 Å². The second kappa shape index (κ2) is 9.96. The van der Waals surface area contributed by atoms with Gasteiger partial charge in [-0.05, 0) is 18.2 Å². The van der Waals surface area contributed by atoms with Gasteiger partial charge in [-0.15, -0.1) is 12.4 Å². The van der Waals surface area contributed by atoms with E-state index in [4.69, 9.17) is 5.11 Å². The third kappa shape index (κ3) is 5.99. The first-order valence-electron chi connectivity index (χ1n) is 6.18. The standard InChI is InChI=1S/2C7H7F2NO.ClH/c1-5-6(7(8)9)3-2-4-10(5)11;8-7(9)5-2-1-3-10-6(5)4-11;/h2-4,7H,1H3;1-3,7,11H,4H2;1H. The molecular weight excluding hydrogens is 340 g/mol. The molecule has 0 radical (unpaired) electrons. The molecule has 128 valence electrons. The number of rotatable bonds is 3. The van der Waals surface area contributed by atoms with Crippen molar-refractivity contribution in [1.82, 2.24) is 4.98 Å². The number of aliphatic hydroxyl groups is 1. The van der Waals surface area contributed by atoms with Crippen LogP contribution in [0.2, 0.25) is 0 Å². The van der Waals surface area contributed by atoms with Crippen LogP contribution in [0.3, 0.4) is 0 Å². The Balaban J connectivity index is 0.000000403. The fourth-order valence-corrected chi connectivity index (χ4v) is 1.60. The lowest BCUT2D eigenvalue weighted by molar-refractivity contribution is -0.613. The smallest absolute Gasteiger partial charge is 0.269 e. The molecule has 2 rings (SSSR count). The minimum Gasteiger partial charge on any atom is -0.618 e. The van der Waals surface area contributed by atoms with Gasteiger partial charge in [-0.25, -0.2) is 17.6 Å². The van der Waals surface area contributed by atoms with Crippen LogP contribution < -0.4 is 4.73 Å². The Morgan fingerprint density at radius 3 is 2.13 bits per heavy atom. The zero-order valence-electron chi connectivity index (χ0n) is 12.0. The van der Waals surface area contributed by atoms with Crippen molar-refractivity contribution in [1.29, 1.82) is 0 Å². The molecule has 2 aromatic heterocycles. The number of alkyl halides is 4. The normalized spacial score (nSPS) is 10.1. The average Bonchev–Trinajstić information content (AvgIpc) is 2.50. The number of nitrogens with zero attached hydrogens (tertiary/aromatic N) is 2. The highest BCUT2D eigenvalue weighted by molar-refractivity contribution is 5.85. The molecule has 0 saturated carbocycles. The molecular formula is C14H15ClF4N2O2. The summed E-state index contributed by atoms with van der Waals surface area (Å²) in [5, 5.41) is 19.3. The van der Waals surface area contributed by atoms with E-state index in [0.717, 1.165) is 0 Å². The lowest BCUT2D eigenvalue weighted by atomic mass is 10.2. The summed E-state index contributed by atoms with van der Waals surface area (Å²) < 4.78 is 48.7. The van der Waals surface area contributed by atoms with Crippen molar-refractivity contribution in [3.8, 4) is 0 Å². The Labute approximate surface area is 136 Å². The molecule has 0 fully saturated rings. The molecule has 1 N–H and O–H groups in total. The summed E-state index contributed by atoms with van der Waals surface area (Å²) in [4.78, 5) is 3.59. The molecule has 0 unspecified atom stereocenters. The Kier molecular flexibility index (Phi) is 9.12. The van der Waals surface area contributed by atoms with Crippen molar-refractivity contribution < 1.29 is 27.4 Å². The van der Waals surface area contributed by atoms with Crippen LogP contribution in [-0.2, 0) is 6.61 Å². The fraction of sp³-hybridized carbons (Fsp3) is 0.286. The van der Waals surface area contributed by atoms with Crippen molar-refractivity contribution in [2.75, 3.05) is 0 Å². The molecule has 0 bridgehead atoms. The van der Waals surface area contributed by atoms with E-state index >= 15 is 0 Å². The maximum absolute atomic E-state index is 12.1. The van der Waals surface area contributed by atoms with Crippen LogP contribution in [0.1, 0.15) is 35.4 Å². The highest BCUT2D eigenvalue weighted by Gasteiger charge is 2.15. The maximum atomic E-state index is 12.1. The third-order valence-corrected chi connectivity index (χ3v) is 2.79. The molecule has 0 atom stereocenters. The van der Waals surface area contributed by atoms with E-state index in [2.05, 4.69) is 4.98 Å². The van der Waals surface area contributed by atoms with Crippen molar-refractivity contribution in [2.24, 2.45) is 0 Å². The van der Waals surface area contributed by atoms with Crippen molar-refractivity contribution in [3.63, 3.8) is 0 Å². The van der Waals surface area contributed by atoms with Gasteiger partial charge in [-0.1, -0.05) is 0 Å². The minimum absolute atomic E-state index is 0. The van der Waals surface area contributed by atoms with Gasteiger partial charge in [-0.3, -0.25) is 4.98 Å².